The Kier molecular flexibility index (Phi) is 4.39. The van der Waals surface area contributed by atoms with Crippen LogP contribution in [-0.2, 0) is 13.0 Å². The highest BCUT2D eigenvalue weighted by Crippen LogP contribution is 2.23. The van der Waals surface area contributed by atoms with Gasteiger partial charge >= 0.3 is 0 Å². The lowest BCUT2D eigenvalue weighted by Gasteiger charge is -2.26. The van der Waals surface area contributed by atoms with E-state index in [4.69, 9.17) is 0 Å². The quantitative estimate of drug-likeness (QED) is 0.620. The Labute approximate surface area is 107 Å². The highest BCUT2D eigenvalue weighted by Gasteiger charge is 2.16. The number of hydrogen-bond acceptors (Lipinski definition) is 3. The Balaban J connectivity index is 1.75. The third-order valence-electron chi connectivity index (χ3n) is 3.07. The summed E-state index contributed by atoms with van der Waals surface area (Å²) in [4.78, 5) is 8.16. The van der Waals surface area contributed by atoms with Crippen molar-refractivity contribution in [2.45, 2.75) is 13.0 Å². The summed E-state index contributed by atoms with van der Waals surface area (Å²) in [5.41, 5.74) is 1.51. The van der Waals surface area contributed by atoms with Crippen molar-refractivity contribution in [2.24, 2.45) is 4.99 Å². The fraction of sp³-hybridized carbons (Fsp3) is 0.583. The van der Waals surface area contributed by atoms with E-state index in [0.29, 0.717) is 0 Å². The van der Waals surface area contributed by atoms with Gasteiger partial charge in [0.25, 0.3) is 0 Å². The molecule has 4 nitrogen and oxygen atoms in total. The van der Waals surface area contributed by atoms with Crippen LogP contribution in [0.1, 0.15) is 10.4 Å². The van der Waals surface area contributed by atoms with E-state index < -0.39 is 0 Å². The molecule has 1 aliphatic rings. The van der Waals surface area contributed by atoms with Gasteiger partial charge in [0.2, 0.25) is 0 Å². The molecule has 2 rings (SSSR count). The van der Waals surface area contributed by atoms with Gasteiger partial charge in [-0.15, -0.1) is 11.3 Å². The largest absolute Gasteiger partial charge is 0.359 e. The Morgan fingerprint density at radius 3 is 3.24 bits per heavy atom. The van der Waals surface area contributed by atoms with Crippen molar-refractivity contribution in [2.75, 3.05) is 33.7 Å². The molecule has 0 radical (unpaired) electrons. The minimum Gasteiger partial charge on any atom is -0.359 e. The van der Waals surface area contributed by atoms with Crippen molar-refractivity contribution in [1.82, 2.24) is 15.5 Å². The molecule has 0 aromatic carbocycles. The van der Waals surface area contributed by atoms with Crippen molar-refractivity contribution in [3.63, 3.8) is 0 Å². The maximum atomic E-state index is 4.09. The average Bonchev–Trinajstić information content (AvgIpc) is 2.82. The van der Waals surface area contributed by atoms with Crippen LogP contribution in [0.3, 0.4) is 0 Å². The van der Waals surface area contributed by atoms with E-state index >= 15 is 0 Å². The summed E-state index contributed by atoms with van der Waals surface area (Å²) >= 11 is 1.89. The molecular formula is C12H20N4S. The lowest BCUT2D eigenvalue weighted by atomic mass is 10.1. The number of aliphatic imine (C=N–C) groups is 1. The molecule has 0 aliphatic carbocycles. The summed E-state index contributed by atoms with van der Waals surface area (Å²) < 4.78 is 0. The summed E-state index contributed by atoms with van der Waals surface area (Å²) in [5.74, 6) is 0.859. The third-order valence-corrected chi connectivity index (χ3v) is 4.09. The molecule has 0 saturated carbocycles. The van der Waals surface area contributed by atoms with Gasteiger partial charge in [-0.1, -0.05) is 0 Å². The van der Waals surface area contributed by atoms with Crippen LogP contribution >= 0.6 is 11.3 Å². The Morgan fingerprint density at radius 2 is 2.47 bits per heavy atom. The molecule has 1 aromatic heterocycles. The SMILES string of the molecule is CN=C(NC)NCCN1CCc2sccc2C1. The van der Waals surface area contributed by atoms with E-state index in [-0.39, 0.29) is 0 Å². The van der Waals surface area contributed by atoms with E-state index in [9.17, 15) is 0 Å². The number of nitrogens with zero attached hydrogens (tertiary/aromatic N) is 2. The van der Waals surface area contributed by atoms with Gasteiger partial charge in [0.05, 0.1) is 0 Å². The monoisotopic (exact) mass is 252 g/mol. The van der Waals surface area contributed by atoms with Crippen LogP contribution in [0.2, 0.25) is 0 Å². The molecule has 5 heteroatoms. The van der Waals surface area contributed by atoms with E-state index in [2.05, 4.69) is 32.0 Å². The van der Waals surface area contributed by atoms with Gasteiger partial charge in [-0.25, -0.2) is 0 Å². The first-order chi connectivity index (χ1) is 8.33. The number of rotatable bonds is 3. The molecule has 94 valence electrons. The second-order valence-corrected chi connectivity index (χ2v) is 5.14. The zero-order valence-electron chi connectivity index (χ0n) is 10.5. The lowest BCUT2D eigenvalue weighted by Crippen LogP contribution is -2.41. The first-order valence-corrected chi connectivity index (χ1v) is 6.87. The molecule has 0 fully saturated rings. The normalized spacial score (nSPS) is 16.7. The average molecular weight is 252 g/mol. The van der Waals surface area contributed by atoms with Crippen molar-refractivity contribution in [3.05, 3.63) is 21.9 Å². The van der Waals surface area contributed by atoms with E-state index in [1.54, 1.807) is 11.9 Å². The van der Waals surface area contributed by atoms with Crippen molar-refractivity contribution in [3.8, 4) is 0 Å². The van der Waals surface area contributed by atoms with Gasteiger partial charge in [-0.05, 0) is 23.4 Å². The molecule has 1 aromatic rings. The molecule has 0 amide bonds. The predicted octanol–water partition coefficient (Wildman–Crippen LogP) is 0.901. The van der Waals surface area contributed by atoms with Crippen LogP contribution in [0, 0.1) is 0 Å². The Hall–Kier alpha value is -1.07. The molecule has 0 saturated heterocycles. The van der Waals surface area contributed by atoms with E-state index in [1.165, 1.54) is 18.5 Å². The molecule has 0 atom stereocenters. The highest BCUT2D eigenvalue weighted by atomic mass is 32.1. The van der Waals surface area contributed by atoms with Crippen LogP contribution in [0.25, 0.3) is 0 Å². The van der Waals surface area contributed by atoms with E-state index in [1.807, 2.05) is 18.4 Å². The third kappa shape index (κ3) is 3.20. The second kappa shape index (κ2) is 6.02. The van der Waals surface area contributed by atoms with Crippen molar-refractivity contribution >= 4 is 17.3 Å². The highest BCUT2D eigenvalue weighted by molar-refractivity contribution is 7.10. The van der Waals surface area contributed by atoms with Crippen LogP contribution in [0.4, 0.5) is 0 Å². The molecule has 1 aliphatic heterocycles. The van der Waals surface area contributed by atoms with Gasteiger partial charge in [0, 0.05) is 45.2 Å². The summed E-state index contributed by atoms with van der Waals surface area (Å²) in [6, 6.07) is 2.26. The standard InChI is InChI=1S/C12H20N4S/c1-13-12(14-2)15-5-7-16-6-3-11-10(9-16)4-8-17-11/h4,8H,3,5-7,9H2,1-2H3,(H2,13,14,15). The fourth-order valence-corrected chi connectivity index (χ4v) is 3.00. The first-order valence-electron chi connectivity index (χ1n) is 5.99. The van der Waals surface area contributed by atoms with Gasteiger partial charge in [-0.2, -0.15) is 0 Å². The second-order valence-electron chi connectivity index (χ2n) is 4.14. The molecule has 0 bridgehead atoms. The van der Waals surface area contributed by atoms with Crippen LogP contribution in [0.15, 0.2) is 16.4 Å². The minimum atomic E-state index is 0.859. The maximum absolute atomic E-state index is 4.09. The number of hydrogen-bond donors (Lipinski definition) is 2. The maximum Gasteiger partial charge on any atom is 0.190 e. The first kappa shape index (κ1) is 12.4. The van der Waals surface area contributed by atoms with Crippen molar-refractivity contribution < 1.29 is 0 Å². The smallest absolute Gasteiger partial charge is 0.190 e. The van der Waals surface area contributed by atoms with Gasteiger partial charge in [0.15, 0.2) is 5.96 Å². The number of thiophene rings is 1. The molecule has 17 heavy (non-hydrogen) atoms. The van der Waals surface area contributed by atoms with Gasteiger partial charge in [0.1, 0.15) is 0 Å². The fourth-order valence-electron chi connectivity index (χ4n) is 2.11. The van der Waals surface area contributed by atoms with E-state index in [0.717, 1.165) is 25.6 Å². The van der Waals surface area contributed by atoms with Crippen LogP contribution in [-0.4, -0.2) is 44.6 Å². The van der Waals surface area contributed by atoms with Crippen LogP contribution in [0.5, 0.6) is 0 Å². The summed E-state index contributed by atoms with van der Waals surface area (Å²) in [5, 5.41) is 8.51. The molecule has 2 N–H and O–H groups in total. The summed E-state index contributed by atoms with van der Waals surface area (Å²) in [6.45, 7) is 4.27. The zero-order valence-corrected chi connectivity index (χ0v) is 11.3. The summed E-state index contributed by atoms with van der Waals surface area (Å²) in [7, 11) is 3.67. The topological polar surface area (TPSA) is 39.7 Å². The van der Waals surface area contributed by atoms with Gasteiger partial charge in [-0.3, -0.25) is 9.89 Å². The predicted molar refractivity (Wildman–Crippen MR) is 73.7 cm³/mol. The Morgan fingerprint density at radius 1 is 1.59 bits per heavy atom. The zero-order chi connectivity index (χ0) is 12.1. The molecule has 0 spiro atoms. The molecular weight excluding hydrogens is 232 g/mol. The Bertz CT molecular complexity index is 386. The number of nitrogens with one attached hydrogen (secondary N) is 2. The summed E-state index contributed by atoms with van der Waals surface area (Å²) in [6.07, 6.45) is 1.20. The van der Waals surface area contributed by atoms with Crippen LogP contribution < -0.4 is 10.6 Å². The van der Waals surface area contributed by atoms with Gasteiger partial charge < -0.3 is 10.6 Å². The van der Waals surface area contributed by atoms with Crippen molar-refractivity contribution in [1.29, 1.82) is 0 Å². The molecule has 2 heterocycles. The lowest BCUT2D eigenvalue weighted by molar-refractivity contribution is 0.260. The minimum absolute atomic E-state index is 0.859. The number of fused-ring (bicyclic) bond motifs is 1. The number of guanidine groups is 1. The molecule has 0 unspecified atom stereocenters.